The predicted molar refractivity (Wildman–Crippen MR) is 125 cm³/mol. The monoisotopic (exact) mass is 482 g/mol. The zero-order chi connectivity index (χ0) is 22.7. The molecule has 2 fully saturated rings. The highest BCUT2D eigenvalue weighted by molar-refractivity contribution is 7.85. The van der Waals surface area contributed by atoms with Crippen LogP contribution in [0.2, 0.25) is 5.02 Å². The van der Waals surface area contributed by atoms with Gasteiger partial charge in [-0.25, -0.2) is 13.4 Å². The summed E-state index contributed by atoms with van der Waals surface area (Å²) >= 11 is 6.43. The first-order chi connectivity index (χ1) is 15.4. The lowest BCUT2D eigenvalue weighted by atomic mass is 10.1. The van der Waals surface area contributed by atoms with E-state index < -0.39 is 17.2 Å². The Kier molecular flexibility index (Phi) is 7.32. The number of amides is 1. The van der Waals surface area contributed by atoms with Gasteiger partial charge < -0.3 is 9.80 Å². The molecule has 32 heavy (non-hydrogen) atoms. The molecule has 4 rings (SSSR count). The number of halogens is 2. The Morgan fingerprint density at radius 3 is 2.59 bits per heavy atom. The van der Waals surface area contributed by atoms with Crippen LogP contribution in [0.5, 0.6) is 0 Å². The number of carbonyl (C=O) groups excluding carboxylic acids is 1. The van der Waals surface area contributed by atoms with Gasteiger partial charge in [0.15, 0.2) is 5.82 Å². The van der Waals surface area contributed by atoms with E-state index in [9.17, 15) is 13.4 Å². The first-order valence-electron chi connectivity index (χ1n) is 10.7. The largest absolute Gasteiger partial charge is 0.370 e. The lowest BCUT2D eigenvalue weighted by Crippen LogP contribution is -2.49. The topological polar surface area (TPSA) is 73.7 Å². The van der Waals surface area contributed by atoms with Crippen molar-refractivity contribution in [3.8, 4) is 0 Å². The van der Waals surface area contributed by atoms with E-state index in [4.69, 9.17) is 11.6 Å². The maximum Gasteiger partial charge on any atom is 0.344 e. The molecular formula is C21H28ClFN6O2S. The van der Waals surface area contributed by atoms with Gasteiger partial charge in [-0.2, -0.15) is 4.68 Å². The van der Waals surface area contributed by atoms with Gasteiger partial charge in [0.25, 0.3) is 0 Å². The summed E-state index contributed by atoms with van der Waals surface area (Å²) in [5.74, 6) is 0.409. The Bertz CT molecular complexity index is 973. The number of nitrogens with one attached hydrogen (secondary N) is 1. The van der Waals surface area contributed by atoms with Crippen molar-refractivity contribution < 1.29 is 13.4 Å². The van der Waals surface area contributed by atoms with E-state index >= 15 is 0 Å². The highest BCUT2D eigenvalue weighted by Gasteiger charge is 2.24. The van der Waals surface area contributed by atoms with E-state index in [0.717, 1.165) is 30.9 Å². The second kappa shape index (κ2) is 10.2. The van der Waals surface area contributed by atoms with Gasteiger partial charge in [0.2, 0.25) is 0 Å². The lowest BCUT2D eigenvalue weighted by Gasteiger charge is -2.35. The van der Waals surface area contributed by atoms with Crippen LogP contribution in [0.4, 0.5) is 20.7 Å². The number of piperidine rings is 1. The van der Waals surface area contributed by atoms with E-state index in [0.29, 0.717) is 49.9 Å². The minimum atomic E-state index is -1.24. The molecule has 8 nitrogen and oxygen atoms in total. The summed E-state index contributed by atoms with van der Waals surface area (Å²) in [6.45, 7) is 4.85. The van der Waals surface area contributed by atoms with Gasteiger partial charge in [-0.15, -0.1) is 5.10 Å². The molecule has 1 aromatic heterocycles. The van der Waals surface area contributed by atoms with Gasteiger partial charge >= 0.3 is 6.03 Å². The van der Waals surface area contributed by atoms with Crippen LogP contribution >= 0.6 is 11.6 Å². The molecule has 2 aromatic rings. The first-order valence-corrected chi connectivity index (χ1v) is 12.7. The Morgan fingerprint density at radius 2 is 1.91 bits per heavy atom. The second-order valence-corrected chi connectivity index (χ2v) is 9.71. The van der Waals surface area contributed by atoms with Crippen molar-refractivity contribution in [3.05, 3.63) is 41.0 Å². The molecule has 0 spiro atoms. The molecule has 2 saturated heterocycles. The molecule has 0 bridgehead atoms. The third-order valence-corrected chi connectivity index (χ3v) is 6.67. The third-order valence-electron chi connectivity index (χ3n) is 5.86. The molecule has 0 radical (unpaired) electrons. The normalized spacial score (nSPS) is 19.2. The number of alkyl halides is 1. The average Bonchev–Trinajstić information content (AvgIpc) is 3.23. The van der Waals surface area contributed by atoms with Gasteiger partial charge in [-0.05, 0) is 30.5 Å². The fraction of sp³-hybridized carbons (Fsp3) is 0.524. The fourth-order valence-corrected chi connectivity index (χ4v) is 4.76. The van der Waals surface area contributed by atoms with Gasteiger partial charge in [0.05, 0.1) is 10.7 Å². The van der Waals surface area contributed by atoms with E-state index in [-0.39, 0.29) is 6.03 Å². The molecule has 1 unspecified atom stereocenters. The van der Waals surface area contributed by atoms with Crippen LogP contribution in [-0.2, 0) is 17.5 Å². The summed E-state index contributed by atoms with van der Waals surface area (Å²) in [4.78, 5) is 18.9. The number of carbonyl (C=O) groups is 1. The smallest absolute Gasteiger partial charge is 0.344 e. The van der Waals surface area contributed by atoms with Crippen molar-refractivity contribution in [1.29, 1.82) is 0 Å². The van der Waals surface area contributed by atoms with Crippen molar-refractivity contribution in [3.63, 3.8) is 0 Å². The zero-order valence-corrected chi connectivity index (χ0v) is 19.6. The van der Waals surface area contributed by atoms with Crippen molar-refractivity contribution >= 4 is 40.1 Å². The molecule has 1 amide bonds. The van der Waals surface area contributed by atoms with Crippen molar-refractivity contribution in [1.82, 2.24) is 19.6 Å². The Labute approximate surface area is 194 Å². The van der Waals surface area contributed by atoms with Gasteiger partial charge in [-0.3, -0.25) is 9.62 Å². The minimum Gasteiger partial charge on any atom is -0.370 e. The quantitative estimate of drug-likeness (QED) is 0.709. The molecule has 2 aliphatic heterocycles. The maximum absolute atomic E-state index is 13.5. The number of aromatic nitrogens is 2. The summed E-state index contributed by atoms with van der Waals surface area (Å²) in [6, 6.07) is 7.49. The number of anilines is 2. The third kappa shape index (κ3) is 5.60. The predicted octanol–water partition coefficient (Wildman–Crippen LogP) is 2.97. The minimum absolute atomic E-state index is 0.190. The molecule has 1 atom stereocenters. The van der Waals surface area contributed by atoms with Crippen molar-refractivity contribution in [2.75, 3.05) is 55.1 Å². The van der Waals surface area contributed by atoms with Gasteiger partial charge in [0, 0.05) is 64.3 Å². The summed E-state index contributed by atoms with van der Waals surface area (Å²) in [5, 5.41) is 4.84. The summed E-state index contributed by atoms with van der Waals surface area (Å²) < 4.78 is 28.7. The van der Waals surface area contributed by atoms with Crippen LogP contribution in [0.15, 0.2) is 30.5 Å². The van der Waals surface area contributed by atoms with E-state index in [1.807, 2.05) is 12.1 Å². The SMILES string of the molecule is CS(=O)Nc1ccn(C(=O)N2CCN(Cc3ccc(Cl)c(N4CCC(F)CC4)c3)CC2)n1. The molecule has 174 valence electrons. The molecule has 2 aliphatic rings. The summed E-state index contributed by atoms with van der Waals surface area (Å²) in [7, 11) is -1.24. The highest BCUT2D eigenvalue weighted by Crippen LogP contribution is 2.30. The van der Waals surface area contributed by atoms with Crippen LogP contribution in [0, 0.1) is 0 Å². The van der Waals surface area contributed by atoms with Crippen LogP contribution in [-0.4, -0.2) is 81.5 Å². The fourth-order valence-electron chi connectivity index (χ4n) is 4.12. The average molecular weight is 483 g/mol. The number of piperazine rings is 1. The van der Waals surface area contributed by atoms with Crippen molar-refractivity contribution in [2.24, 2.45) is 0 Å². The van der Waals surface area contributed by atoms with Gasteiger partial charge in [0.1, 0.15) is 17.2 Å². The number of rotatable bonds is 5. The highest BCUT2D eigenvalue weighted by atomic mass is 35.5. The number of benzene rings is 1. The molecule has 0 saturated carbocycles. The maximum atomic E-state index is 13.5. The van der Waals surface area contributed by atoms with Crippen LogP contribution in [0.25, 0.3) is 0 Å². The van der Waals surface area contributed by atoms with Crippen LogP contribution < -0.4 is 9.62 Å². The van der Waals surface area contributed by atoms with Crippen LogP contribution in [0.1, 0.15) is 18.4 Å². The van der Waals surface area contributed by atoms with Crippen molar-refractivity contribution in [2.45, 2.75) is 25.6 Å². The number of nitrogens with zero attached hydrogens (tertiary/aromatic N) is 5. The van der Waals surface area contributed by atoms with E-state index in [1.165, 1.54) is 10.9 Å². The van der Waals surface area contributed by atoms with Crippen LogP contribution in [0.3, 0.4) is 0 Å². The Hall–Kier alpha value is -2.17. The Balaban J connectivity index is 1.32. The van der Waals surface area contributed by atoms with E-state index in [2.05, 4.69) is 25.7 Å². The number of hydrogen-bond acceptors (Lipinski definition) is 5. The second-order valence-electron chi connectivity index (χ2n) is 8.19. The molecule has 0 aliphatic carbocycles. The van der Waals surface area contributed by atoms with Gasteiger partial charge in [-0.1, -0.05) is 17.7 Å². The van der Waals surface area contributed by atoms with E-state index in [1.54, 1.807) is 17.2 Å². The molecule has 1 N–H and O–H groups in total. The molecular weight excluding hydrogens is 455 g/mol. The summed E-state index contributed by atoms with van der Waals surface area (Å²) in [5.41, 5.74) is 2.13. The molecule has 11 heteroatoms. The molecule has 1 aromatic carbocycles. The zero-order valence-electron chi connectivity index (χ0n) is 18.0. The first kappa shape index (κ1) is 23.0. The molecule has 3 heterocycles. The Morgan fingerprint density at radius 1 is 1.19 bits per heavy atom. The lowest BCUT2D eigenvalue weighted by molar-refractivity contribution is 0.134. The number of hydrogen-bond donors (Lipinski definition) is 1. The standard InChI is InChI=1S/C21H28ClFN6O2S/c1-32(31)25-20-6-9-29(24-20)21(30)28-12-10-26(11-13-28)15-16-2-3-18(22)19(14-16)27-7-4-17(23)5-8-27/h2-3,6,9,14,17H,4-5,7-8,10-13,15H2,1H3,(H,24,25). The summed E-state index contributed by atoms with van der Waals surface area (Å²) in [6.07, 6.45) is 3.45.